The summed E-state index contributed by atoms with van der Waals surface area (Å²) >= 11 is 15.7. The van der Waals surface area contributed by atoms with Gasteiger partial charge in [0.25, 0.3) is 0 Å². The first-order valence-corrected chi connectivity index (χ1v) is 18.2. The van der Waals surface area contributed by atoms with Gasteiger partial charge in [0.05, 0.1) is 65.1 Å². The van der Waals surface area contributed by atoms with Gasteiger partial charge in [0, 0.05) is 42.6 Å². The van der Waals surface area contributed by atoms with Gasteiger partial charge >= 0.3 is 0 Å². The molecule has 4 aliphatic rings. The third-order valence-corrected chi connectivity index (χ3v) is 17.4. The average Bonchev–Trinajstić information content (AvgIpc) is 3.46. The van der Waals surface area contributed by atoms with Crippen molar-refractivity contribution in [3.63, 3.8) is 0 Å². The van der Waals surface area contributed by atoms with Crippen molar-refractivity contribution >= 4 is 94.1 Å². The van der Waals surface area contributed by atoms with Crippen LogP contribution in [0.5, 0.6) is 0 Å². The standard InChI is InChI=1S/C21H30O6S8/c1-22-3-5-24-13-26-9-21(10-27-14-25-6-4-23-2)11-30-17-18(31-12-21)35-20(34-17)19-32-15-16(33-19)29-8-7-28-15/h3-14H2,1-2H3. The Kier molecular flexibility index (Phi) is 13.7. The predicted octanol–water partition coefficient (Wildman–Crippen LogP) is 6.55. The van der Waals surface area contributed by atoms with E-state index in [4.69, 9.17) is 28.4 Å². The third kappa shape index (κ3) is 9.16. The molecule has 0 aromatic carbocycles. The van der Waals surface area contributed by atoms with Crippen LogP contribution < -0.4 is 0 Å². The molecule has 0 aromatic heterocycles. The van der Waals surface area contributed by atoms with Gasteiger partial charge in [0.1, 0.15) is 13.6 Å². The van der Waals surface area contributed by atoms with Crippen molar-refractivity contribution < 1.29 is 28.4 Å². The van der Waals surface area contributed by atoms with Gasteiger partial charge in [-0.2, -0.15) is 0 Å². The van der Waals surface area contributed by atoms with Crippen LogP contribution in [-0.2, 0) is 28.4 Å². The van der Waals surface area contributed by atoms with Crippen molar-refractivity contribution in [1.29, 1.82) is 0 Å². The Balaban J connectivity index is 1.29. The topological polar surface area (TPSA) is 55.4 Å². The van der Waals surface area contributed by atoms with E-state index in [1.165, 1.54) is 36.9 Å². The van der Waals surface area contributed by atoms with E-state index >= 15 is 0 Å². The van der Waals surface area contributed by atoms with Crippen molar-refractivity contribution in [3.05, 3.63) is 25.4 Å². The van der Waals surface area contributed by atoms with Gasteiger partial charge in [-0.25, -0.2) is 0 Å². The lowest BCUT2D eigenvalue weighted by atomic mass is 9.95. The van der Waals surface area contributed by atoms with Crippen molar-refractivity contribution in [2.45, 2.75) is 0 Å². The van der Waals surface area contributed by atoms with Crippen LogP contribution in [0.15, 0.2) is 25.4 Å². The third-order valence-electron chi connectivity index (χ3n) is 4.82. The van der Waals surface area contributed by atoms with E-state index in [1.807, 2.05) is 94.1 Å². The first-order chi connectivity index (χ1) is 17.2. The predicted molar refractivity (Wildman–Crippen MR) is 161 cm³/mol. The zero-order valence-corrected chi connectivity index (χ0v) is 26.2. The maximum Gasteiger partial charge on any atom is 0.146 e. The molecule has 0 saturated carbocycles. The van der Waals surface area contributed by atoms with Crippen LogP contribution in [0.4, 0.5) is 0 Å². The molecule has 0 atom stereocenters. The molecule has 4 rings (SSSR count). The van der Waals surface area contributed by atoms with Gasteiger partial charge in [-0.1, -0.05) is 47.0 Å². The summed E-state index contributed by atoms with van der Waals surface area (Å²) in [6.07, 6.45) is 0. The van der Waals surface area contributed by atoms with E-state index in [9.17, 15) is 0 Å². The SMILES string of the molecule is COCCOCOCC1(COCOCCOC)CSC2=C(SC1)SC(=C1SC3=C(SCCS3)S1)S2. The zero-order valence-electron chi connectivity index (χ0n) is 19.7. The van der Waals surface area contributed by atoms with Crippen LogP contribution in [0, 0.1) is 5.41 Å². The molecular weight excluding hydrogens is 605 g/mol. The largest absolute Gasteiger partial charge is 0.382 e. The summed E-state index contributed by atoms with van der Waals surface area (Å²) in [6.45, 7) is 3.89. The fourth-order valence-electron chi connectivity index (χ4n) is 3.06. The molecule has 0 aromatic rings. The Morgan fingerprint density at radius 1 is 0.543 bits per heavy atom. The second-order valence-electron chi connectivity index (χ2n) is 7.64. The molecule has 0 fully saturated rings. The van der Waals surface area contributed by atoms with E-state index < -0.39 is 0 Å². The summed E-state index contributed by atoms with van der Waals surface area (Å²) in [7, 11) is 3.34. The minimum absolute atomic E-state index is 0.117. The minimum Gasteiger partial charge on any atom is -0.382 e. The molecule has 0 aliphatic carbocycles. The van der Waals surface area contributed by atoms with Gasteiger partial charge in [-0.15, -0.1) is 47.0 Å². The monoisotopic (exact) mass is 634 g/mol. The maximum absolute atomic E-state index is 5.95. The van der Waals surface area contributed by atoms with Gasteiger partial charge < -0.3 is 28.4 Å². The number of rotatable bonds is 14. The Bertz CT molecular complexity index is 745. The lowest BCUT2D eigenvalue weighted by Gasteiger charge is -2.31. The summed E-state index contributed by atoms with van der Waals surface area (Å²) in [4.78, 5) is 0. The van der Waals surface area contributed by atoms with Crippen molar-refractivity contribution in [2.75, 3.05) is 90.5 Å². The number of hydrogen-bond donors (Lipinski definition) is 0. The highest BCUT2D eigenvalue weighted by molar-refractivity contribution is 8.45. The van der Waals surface area contributed by atoms with Crippen molar-refractivity contribution in [3.8, 4) is 0 Å². The van der Waals surface area contributed by atoms with Crippen LogP contribution in [0.1, 0.15) is 0 Å². The van der Waals surface area contributed by atoms with Crippen LogP contribution in [0.25, 0.3) is 0 Å². The fourth-order valence-corrected chi connectivity index (χ4v) is 15.6. The first-order valence-electron chi connectivity index (χ1n) is 11.0. The van der Waals surface area contributed by atoms with Gasteiger partial charge in [-0.3, -0.25) is 0 Å². The highest BCUT2D eigenvalue weighted by Crippen LogP contribution is 2.67. The highest BCUT2D eigenvalue weighted by Gasteiger charge is 2.39. The molecule has 198 valence electrons. The summed E-state index contributed by atoms with van der Waals surface area (Å²) < 4.78 is 41.8. The van der Waals surface area contributed by atoms with E-state index in [0.717, 1.165) is 11.5 Å². The number of thioether (sulfide) groups is 8. The highest BCUT2D eigenvalue weighted by atomic mass is 32.3. The molecule has 0 unspecified atom stereocenters. The second kappa shape index (κ2) is 16.1. The first kappa shape index (κ1) is 29.8. The molecule has 14 heteroatoms. The lowest BCUT2D eigenvalue weighted by Crippen LogP contribution is -2.38. The number of ether oxygens (including phenoxy) is 6. The maximum atomic E-state index is 5.95. The quantitative estimate of drug-likeness (QED) is 0.153. The normalized spacial score (nSPS) is 22.1. The van der Waals surface area contributed by atoms with Gasteiger partial charge in [-0.05, 0) is 0 Å². The van der Waals surface area contributed by atoms with Gasteiger partial charge in [0.15, 0.2) is 0 Å². The van der Waals surface area contributed by atoms with E-state index in [0.29, 0.717) is 39.6 Å². The van der Waals surface area contributed by atoms with E-state index in [1.54, 1.807) is 14.2 Å². The van der Waals surface area contributed by atoms with Crippen LogP contribution in [0.2, 0.25) is 0 Å². The Morgan fingerprint density at radius 2 is 0.971 bits per heavy atom. The molecule has 0 bridgehead atoms. The van der Waals surface area contributed by atoms with E-state index in [2.05, 4.69) is 0 Å². The zero-order chi connectivity index (χ0) is 24.3. The molecule has 35 heavy (non-hydrogen) atoms. The van der Waals surface area contributed by atoms with Crippen molar-refractivity contribution in [1.82, 2.24) is 0 Å². The molecular formula is C21H30O6S8. The summed E-state index contributed by atoms with van der Waals surface area (Å²) in [5.74, 6) is 4.32. The molecule has 4 aliphatic heterocycles. The van der Waals surface area contributed by atoms with Crippen LogP contribution in [0.3, 0.4) is 0 Å². The number of methoxy groups -OCH3 is 2. The second-order valence-corrected chi connectivity index (χ2v) is 17.5. The van der Waals surface area contributed by atoms with Crippen molar-refractivity contribution in [2.24, 2.45) is 5.41 Å². The smallest absolute Gasteiger partial charge is 0.146 e. The number of hydrogen-bond acceptors (Lipinski definition) is 14. The summed E-state index contributed by atoms with van der Waals surface area (Å²) in [5.41, 5.74) is -0.117. The molecule has 6 nitrogen and oxygen atoms in total. The molecule has 0 spiro atoms. The Morgan fingerprint density at radius 3 is 1.40 bits per heavy atom. The summed E-state index contributed by atoms with van der Waals surface area (Å²) in [6, 6.07) is 0. The molecule has 0 saturated heterocycles. The van der Waals surface area contributed by atoms with E-state index in [-0.39, 0.29) is 19.0 Å². The molecule has 0 N–H and O–H groups in total. The molecule has 4 heterocycles. The van der Waals surface area contributed by atoms with Gasteiger partial charge in [0.2, 0.25) is 0 Å². The van der Waals surface area contributed by atoms with Crippen LogP contribution in [-0.4, -0.2) is 90.5 Å². The minimum atomic E-state index is -0.117. The fraction of sp³-hybridized carbons (Fsp3) is 0.714. The molecule has 0 radical (unpaired) electrons. The average molecular weight is 635 g/mol. The Hall–Kier alpha value is 1.78. The molecule has 0 amide bonds. The Labute approximate surface area is 242 Å². The lowest BCUT2D eigenvalue weighted by molar-refractivity contribution is -0.117. The van der Waals surface area contributed by atoms with Crippen LogP contribution >= 0.6 is 94.1 Å². The summed E-state index contributed by atoms with van der Waals surface area (Å²) in [5, 5.41) is 0.